The second-order valence-electron chi connectivity index (χ2n) is 7.88. The Morgan fingerprint density at radius 3 is 2.38 bits per heavy atom. The Balaban J connectivity index is 2.06. The van der Waals surface area contributed by atoms with E-state index in [4.69, 9.17) is 9.84 Å². The zero-order chi connectivity index (χ0) is 24.0. The number of rotatable bonds is 9. The number of nitrogens with one attached hydrogen (secondary N) is 2. The number of aldehydes is 1. The van der Waals surface area contributed by atoms with Crippen LogP contribution in [0.4, 0.5) is 0 Å². The first-order chi connectivity index (χ1) is 15.1. The molecule has 0 radical (unpaired) electrons. The average Bonchev–Trinajstić information content (AvgIpc) is 3.21. The monoisotopic (exact) mass is 447 g/mol. The molecule has 3 amide bonds. The van der Waals surface area contributed by atoms with Gasteiger partial charge in [0.05, 0.1) is 19.6 Å². The van der Waals surface area contributed by atoms with E-state index in [2.05, 4.69) is 10.6 Å². The van der Waals surface area contributed by atoms with Crippen molar-refractivity contribution in [3.63, 3.8) is 0 Å². The summed E-state index contributed by atoms with van der Waals surface area (Å²) >= 11 is 0. The van der Waals surface area contributed by atoms with Crippen molar-refractivity contribution in [2.75, 3.05) is 13.7 Å². The van der Waals surface area contributed by atoms with E-state index < -0.39 is 48.2 Å². The Bertz CT molecular complexity index is 892. The lowest BCUT2D eigenvalue weighted by atomic mass is 10.0. The summed E-state index contributed by atoms with van der Waals surface area (Å²) in [6, 6.07) is 0.457. The van der Waals surface area contributed by atoms with Gasteiger partial charge in [0.2, 0.25) is 11.8 Å². The van der Waals surface area contributed by atoms with E-state index in [9.17, 15) is 24.0 Å². The first kappa shape index (κ1) is 24.8. The zero-order valence-corrected chi connectivity index (χ0v) is 18.6. The van der Waals surface area contributed by atoms with E-state index in [1.165, 1.54) is 11.8 Å². The minimum Gasteiger partial charge on any atom is -0.496 e. The predicted molar refractivity (Wildman–Crippen MR) is 114 cm³/mol. The molecule has 0 spiro atoms. The highest BCUT2D eigenvalue weighted by molar-refractivity contribution is 5.99. The maximum absolute atomic E-state index is 12.9. The van der Waals surface area contributed by atoms with Crippen LogP contribution in [0.25, 0.3) is 0 Å². The van der Waals surface area contributed by atoms with Gasteiger partial charge in [-0.05, 0) is 56.9 Å². The van der Waals surface area contributed by atoms with Gasteiger partial charge in [0, 0.05) is 12.1 Å². The Labute approximate surface area is 186 Å². The highest BCUT2D eigenvalue weighted by Gasteiger charge is 2.37. The number of carboxylic acids is 1. The minimum atomic E-state index is -1.22. The Morgan fingerprint density at radius 1 is 1.22 bits per heavy atom. The van der Waals surface area contributed by atoms with Gasteiger partial charge >= 0.3 is 5.97 Å². The summed E-state index contributed by atoms with van der Waals surface area (Å²) in [4.78, 5) is 61.4. The molecule has 1 aliphatic heterocycles. The van der Waals surface area contributed by atoms with Gasteiger partial charge in [-0.3, -0.25) is 19.2 Å². The van der Waals surface area contributed by atoms with Crippen LogP contribution in [0.3, 0.4) is 0 Å². The lowest BCUT2D eigenvalue weighted by Crippen LogP contribution is -2.54. The van der Waals surface area contributed by atoms with Crippen LogP contribution < -0.4 is 15.4 Å². The quantitative estimate of drug-likeness (QED) is 0.470. The summed E-state index contributed by atoms with van der Waals surface area (Å²) in [7, 11) is 1.55. The average molecular weight is 447 g/mol. The van der Waals surface area contributed by atoms with E-state index in [-0.39, 0.29) is 0 Å². The molecule has 1 aromatic carbocycles. The molecule has 0 aromatic heterocycles. The fourth-order valence-electron chi connectivity index (χ4n) is 3.90. The van der Waals surface area contributed by atoms with Crippen LogP contribution in [0.5, 0.6) is 5.75 Å². The summed E-state index contributed by atoms with van der Waals surface area (Å²) in [5.41, 5.74) is 1.97. The van der Waals surface area contributed by atoms with Gasteiger partial charge in [0.1, 0.15) is 24.1 Å². The van der Waals surface area contributed by atoms with Gasteiger partial charge in [-0.15, -0.1) is 0 Å². The second kappa shape index (κ2) is 10.7. The highest BCUT2D eigenvalue weighted by Crippen LogP contribution is 2.24. The fraction of sp³-hybridized carbons (Fsp3) is 0.500. The molecule has 0 saturated carbocycles. The Kier molecular flexibility index (Phi) is 8.34. The first-order valence-corrected chi connectivity index (χ1v) is 10.3. The van der Waals surface area contributed by atoms with Crippen molar-refractivity contribution in [3.8, 4) is 5.75 Å². The molecule has 1 unspecified atom stereocenters. The number of aliphatic carboxylic acids is 1. The molecule has 3 atom stereocenters. The molecule has 32 heavy (non-hydrogen) atoms. The number of hydrogen-bond acceptors (Lipinski definition) is 6. The van der Waals surface area contributed by atoms with Crippen molar-refractivity contribution in [2.45, 2.75) is 58.2 Å². The van der Waals surface area contributed by atoms with Gasteiger partial charge in [-0.1, -0.05) is 0 Å². The Morgan fingerprint density at radius 2 is 1.84 bits per heavy atom. The van der Waals surface area contributed by atoms with Crippen LogP contribution in [-0.4, -0.2) is 71.8 Å². The minimum absolute atomic E-state index is 0.322. The molecule has 1 saturated heterocycles. The predicted octanol–water partition coefficient (Wildman–Crippen LogP) is 0.580. The van der Waals surface area contributed by atoms with Crippen molar-refractivity contribution in [2.24, 2.45) is 0 Å². The highest BCUT2D eigenvalue weighted by atomic mass is 16.5. The van der Waals surface area contributed by atoms with Crippen LogP contribution in [0.1, 0.15) is 47.7 Å². The standard InChI is InChI=1S/C22H29N3O7/c1-12-8-15(9-13(2)19(12)32-4)20(29)23-14(3)22(31)25-7-5-6-17(25)21(30)24-16(11-26)10-18(27)28/h8-9,11,14,16-17H,5-7,10H2,1-4H3,(H,23,29)(H,24,30)(H,27,28)/t14-,16?,17-/m0/s1. The van der Waals surface area contributed by atoms with Crippen LogP contribution >= 0.6 is 0 Å². The third kappa shape index (κ3) is 5.83. The summed E-state index contributed by atoms with van der Waals surface area (Å²) in [6.45, 7) is 5.50. The van der Waals surface area contributed by atoms with Crippen molar-refractivity contribution in [3.05, 3.63) is 28.8 Å². The summed E-state index contributed by atoms with van der Waals surface area (Å²) in [6.07, 6.45) is 0.775. The van der Waals surface area contributed by atoms with Crippen molar-refractivity contribution >= 4 is 30.0 Å². The summed E-state index contributed by atoms with van der Waals surface area (Å²) < 4.78 is 5.30. The van der Waals surface area contributed by atoms with Gasteiger partial charge in [0.15, 0.2) is 0 Å². The van der Waals surface area contributed by atoms with Gasteiger partial charge < -0.3 is 30.2 Å². The van der Waals surface area contributed by atoms with Crippen LogP contribution in [0.2, 0.25) is 0 Å². The number of carboxylic acid groups (broad SMARTS) is 1. The van der Waals surface area contributed by atoms with Crippen LogP contribution in [0.15, 0.2) is 12.1 Å². The van der Waals surface area contributed by atoms with Gasteiger partial charge in [0.25, 0.3) is 5.91 Å². The molecule has 1 aliphatic rings. The van der Waals surface area contributed by atoms with E-state index in [0.29, 0.717) is 37.0 Å². The van der Waals surface area contributed by atoms with E-state index in [0.717, 1.165) is 11.1 Å². The molecular formula is C22H29N3O7. The first-order valence-electron chi connectivity index (χ1n) is 10.3. The zero-order valence-electron chi connectivity index (χ0n) is 18.6. The number of nitrogens with zero attached hydrogens (tertiary/aromatic N) is 1. The third-order valence-corrected chi connectivity index (χ3v) is 5.37. The van der Waals surface area contributed by atoms with Crippen LogP contribution in [0, 0.1) is 13.8 Å². The van der Waals surface area contributed by atoms with Crippen LogP contribution in [-0.2, 0) is 19.2 Å². The maximum Gasteiger partial charge on any atom is 0.305 e. The number of aryl methyl sites for hydroxylation is 2. The molecule has 1 fully saturated rings. The number of likely N-dealkylation sites (tertiary alicyclic amines) is 1. The largest absolute Gasteiger partial charge is 0.496 e. The molecule has 10 heteroatoms. The van der Waals surface area contributed by atoms with E-state index >= 15 is 0 Å². The third-order valence-electron chi connectivity index (χ3n) is 5.37. The lowest BCUT2D eigenvalue weighted by molar-refractivity contribution is -0.141. The second-order valence-corrected chi connectivity index (χ2v) is 7.88. The molecule has 2 rings (SSSR count). The normalized spacial score (nSPS) is 17.2. The maximum atomic E-state index is 12.9. The van der Waals surface area contributed by atoms with Crippen molar-refractivity contribution in [1.29, 1.82) is 0 Å². The number of hydrogen-bond donors (Lipinski definition) is 3. The van der Waals surface area contributed by atoms with Gasteiger partial charge in [-0.25, -0.2) is 0 Å². The number of carbonyl (C=O) groups is 5. The summed E-state index contributed by atoms with van der Waals surface area (Å²) in [5, 5.41) is 13.9. The smallest absolute Gasteiger partial charge is 0.305 e. The number of carbonyl (C=O) groups excluding carboxylic acids is 4. The lowest BCUT2D eigenvalue weighted by Gasteiger charge is -2.28. The molecule has 1 aromatic rings. The van der Waals surface area contributed by atoms with E-state index in [1.807, 2.05) is 13.8 Å². The molecule has 3 N–H and O–H groups in total. The van der Waals surface area contributed by atoms with Crippen molar-refractivity contribution < 1.29 is 33.8 Å². The Hall–Kier alpha value is -3.43. The molecule has 0 bridgehead atoms. The number of benzene rings is 1. The molecule has 10 nitrogen and oxygen atoms in total. The van der Waals surface area contributed by atoms with Gasteiger partial charge in [-0.2, -0.15) is 0 Å². The fourth-order valence-corrected chi connectivity index (χ4v) is 3.90. The number of amides is 3. The summed E-state index contributed by atoms with van der Waals surface area (Å²) in [5.74, 6) is -1.98. The number of methoxy groups -OCH3 is 1. The molecule has 174 valence electrons. The topological polar surface area (TPSA) is 142 Å². The SMILES string of the molecule is COc1c(C)cc(C(=O)N[C@@H](C)C(=O)N2CCC[C@H]2C(=O)NC(C=O)CC(=O)O)cc1C. The molecule has 0 aliphatic carbocycles. The molecular weight excluding hydrogens is 418 g/mol. The van der Waals surface area contributed by atoms with E-state index in [1.54, 1.807) is 19.2 Å². The number of ether oxygens (including phenoxy) is 1. The molecule has 1 heterocycles. The van der Waals surface area contributed by atoms with Crippen molar-refractivity contribution in [1.82, 2.24) is 15.5 Å².